The summed E-state index contributed by atoms with van der Waals surface area (Å²) in [5, 5.41) is 19.4. The van der Waals surface area contributed by atoms with Crippen LogP contribution in [-0.4, -0.2) is 14.5 Å². The third-order valence-electron chi connectivity index (χ3n) is 10.5. The average molecular weight is 812 g/mol. The smallest absolute Gasteiger partial charge is 0.308 e. The van der Waals surface area contributed by atoms with Gasteiger partial charge in [-0.1, -0.05) is 84.9 Å². The maximum atomic E-state index is 14.2. The van der Waals surface area contributed by atoms with E-state index in [2.05, 4.69) is 12.1 Å². The first-order chi connectivity index (χ1) is 29.4. The van der Waals surface area contributed by atoms with Gasteiger partial charge in [0.25, 0.3) is 0 Å². The van der Waals surface area contributed by atoms with Crippen molar-refractivity contribution in [2.24, 2.45) is 0 Å². The zero-order valence-corrected chi connectivity index (χ0v) is 31.6. The molecule has 0 fully saturated rings. The fourth-order valence-electron chi connectivity index (χ4n) is 7.60. The lowest BCUT2D eigenvalue weighted by Gasteiger charge is -2.21. The third-order valence-corrected chi connectivity index (χ3v) is 10.5. The molecule has 0 radical (unpaired) electrons. The molecule has 0 spiro atoms. The van der Waals surface area contributed by atoms with Crippen LogP contribution in [0.3, 0.4) is 0 Å². The van der Waals surface area contributed by atoms with E-state index in [4.69, 9.17) is 9.97 Å². The fourth-order valence-corrected chi connectivity index (χ4v) is 7.60. The standard InChI is InChI=1S/C50H27F6N5/c51-49(52,53)37-19-21-45-41(25-37)42-26-38(50(54,55)56)20-22-46(42)61(45)47-39(32-15-11-30(28-57)12-16-32)23-36(24-40(47)33-17-13-31(29-58)14-18-33)44-27-43(34-7-3-1-4-8-34)59-48(60-44)35-9-5-2-6-10-35/h1-27H. The van der Waals surface area contributed by atoms with Gasteiger partial charge >= 0.3 is 12.4 Å². The van der Waals surface area contributed by atoms with Crippen molar-refractivity contribution >= 4 is 21.8 Å². The maximum absolute atomic E-state index is 14.2. The number of halogens is 6. The van der Waals surface area contributed by atoms with Crippen molar-refractivity contribution in [1.82, 2.24) is 14.5 Å². The highest BCUT2D eigenvalue weighted by molar-refractivity contribution is 6.11. The first kappa shape index (κ1) is 38.5. The molecule has 0 saturated heterocycles. The van der Waals surface area contributed by atoms with Crippen LogP contribution < -0.4 is 0 Å². The number of fused-ring (bicyclic) bond motifs is 3. The van der Waals surface area contributed by atoms with Gasteiger partial charge in [-0.3, -0.25) is 0 Å². The summed E-state index contributed by atoms with van der Waals surface area (Å²) < 4.78 is 87.2. The zero-order valence-electron chi connectivity index (χ0n) is 31.6. The average Bonchev–Trinajstić information content (AvgIpc) is 3.61. The van der Waals surface area contributed by atoms with Crippen molar-refractivity contribution in [2.45, 2.75) is 12.4 Å². The Morgan fingerprint density at radius 1 is 0.426 bits per heavy atom. The van der Waals surface area contributed by atoms with Gasteiger partial charge in [0, 0.05) is 38.6 Å². The lowest BCUT2D eigenvalue weighted by molar-refractivity contribution is -0.138. The molecule has 2 heterocycles. The Labute approximate surface area is 344 Å². The molecule has 0 aliphatic heterocycles. The summed E-state index contributed by atoms with van der Waals surface area (Å²) in [5.74, 6) is 0.448. The number of aromatic nitrogens is 3. The molecular weight excluding hydrogens is 785 g/mol. The molecule has 2 aromatic heterocycles. The van der Waals surface area contributed by atoms with E-state index in [-0.39, 0.29) is 21.8 Å². The van der Waals surface area contributed by atoms with Crippen LogP contribution in [0.2, 0.25) is 0 Å². The van der Waals surface area contributed by atoms with Crippen molar-refractivity contribution < 1.29 is 26.3 Å². The first-order valence-electron chi connectivity index (χ1n) is 18.8. The molecule has 11 heteroatoms. The van der Waals surface area contributed by atoms with Gasteiger partial charge in [-0.2, -0.15) is 36.9 Å². The number of hydrogen-bond acceptors (Lipinski definition) is 4. The molecule has 0 N–H and O–H groups in total. The van der Waals surface area contributed by atoms with E-state index in [9.17, 15) is 36.9 Å². The van der Waals surface area contributed by atoms with Crippen LogP contribution >= 0.6 is 0 Å². The van der Waals surface area contributed by atoms with Crippen LogP contribution in [-0.2, 0) is 12.4 Å². The molecule has 5 nitrogen and oxygen atoms in total. The van der Waals surface area contributed by atoms with E-state index < -0.39 is 23.5 Å². The first-order valence-corrected chi connectivity index (χ1v) is 18.8. The Balaban J connectivity index is 1.43. The van der Waals surface area contributed by atoms with Crippen molar-refractivity contribution in [3.63, 3.8) is 0 Å². The number of hydrogen-bond donors (Lipinski definition) is 0. The number of alkyl halides is 6. The van der Waals surface area contributed by atoms with Gasteiger partial charge in [0.05, 0.1) is 62.5 Å². The second-order valence-electron chi connectivity index (χ2n) is 14.3. The maximum Gasteiger partial charge on any atom is 0.416 e. The normalized spacial score (nSPS) is 11.7. The summed E-state index contributed by atoms with van der Waals surface area (Å²) in [6, 6.07) is 48.5. The number of benzene rings is 7. The summed E-state index contributed by atoms with van der Waals surface area (Å²) in [7, 11) is 0. The Bertz CT molecular complexity index is 3000. The van der Waals surface area contributed by atoms with Gasteiger partial charge in [0.15, 0.2) is 5.82 Å². The summed E-state index contributed by atoms with van der Waals surface area (Å²) in [5.41, 5.74) is 5.21. The van der Waals surface area contributed by atoms with E-state index in [0.29, 0.717) is 61.8 Å². The predicted octanol–water partition coefficient (Wildman–Crippen LogP) is 13.7. The monoisotopic (exact) mass is 811 g/mol. The van der Waals surface area contributed by atoms with Gasteiger partial charge in [-0.05, 0) is 90.0 Å². The van der Waals surface area contributed by atoms with Gasteiger partial charge in [-0.25, -0.2) is 9.97 Å². The highest BCUT2D eigenvalue weighted by Crippen LogP contribution is 2.46. The molecule has 0 amide bonds. The highest BCUT2D eigenvalue weighted by Gasteiger charge is 2.34. The molecule has 294 valence electrons. The Kier molecular flexibility index (Phi) is 9.45. The van der Waals surface area contributed by atoms with Crippen molar-refractivity contribution in [2.75, 3.05) is 0 Å². The molecule has 61 heavy (non-hydrogen) atoms. The SMILES string of the molecule is N#Cc1ccc(-c2cc(-c3cc(-c4ccccc4)nc(-c4ccccc4)n3)cc(-c3ccc(C#N)cc3)c2-n2c3ccc(C(F)(F)F)cc3c3cc(C(F)(F)F)ccc32)cc1. The largest absolute Gasteiger partial charge is 0.416 e. The van der Waals surface area contributed by atoms with Crippen LogP contribution in [0.5, 0.6) is 0 Å². The lowest BCUT2D eigenvalue weighted by atomic mass is 9.91. The lowest BCUT2D eigenvalue weighted by Crippen LogP contribution is -2.05. The molecule has 9 rings (SSSR count). The van der Waals surface area contributed by atoms with E-state index in [0.717, 1.165) is 35.4 Å². The zero-order chi connectivity index (χ0) is 42.5. The van der Waals surface area contributed by atoms with Crippen LogP contribution in [0.1, 0.15) is 22.3 Å². The predicted molar refractivity (Wildman–Crippen MR) is 223 cm³/mol. The van der Waals surface area contributed by atoms with Crippen molar-refractivity contribution in [3.05, 3.63) is 186 Å². The Morgan fingerprint density at radius 2 is 0.852 bits per heavy atom. The minimum absolute atomic E-state index is 0.0348. The molecule has 9 aromatic rings. The fraction of sp³-hybridized carbons (Fsp3) is 0.0400. The second-order valence-corrected chi connectivity index (χ2v) is 14.3. The molecule has 0 aliphatic rings. The van der Waals surface area contributed by atoms with E-state index in [1.165, 1.54) is 12.1 Å². The minimum atomic E-state index is -4.78. The quantitative estimate of drug-likeness (QED) is 0.157. The minimum Gasteiger partial charge on any atom is -0.308 e. The Hall–Kier alpha value is -8.02. The molecule has 7 aromatic carbocycles. The van der Waals surface area contributed by atoms with E-state index >= 15 is 0 Å². The van der Waals surface area contributed by atoms with Gasteiger partial charge < -0.3 is 4.57 Å². The second kappa shape index (κ2) is 15.0. The van der Waals surface area contributed by atoms with E-state index in [1.54, 1.807) is 53.1 Å². The molecule has 0 atom stereocenters. The van der Waals surface area contributed by atoms with Gasteiger partial charge in [0.1, 0.15) is 0 Å². The molecule has 0 aliphatic carbocycles. The van der Waals surface area contributed by atoms with Crippen molar-refractivity contribution in [3.8, 4) is 74.0 Å². The van der Waals surface area contributed by atoms with Crippen molar-refractivity contribution in [1.29, 1.82) is 10.5 Å². The molecule has 0 bridgehead atoms. The van der Waals surface area contributed by atoms with Crippen LogP contribution in [0, 0.1) is 22.7 Å². The van der Waals surface area contributed by atoms with Crippen LogP contribution in [0.4, 0.5) is 26.3 Å². The topological polar surface area (TPSA) is 78.3 Å². The summed E-state index contributed by atoms with van der Waals surface area (Å²) in [6.07, 6.45) is -9.55. The number of nitrogens with zero attached hydrogens (tertiary/aromatic N) is 5. The van der Waals surface area contributed by atoms with Gasteiger partial charge in [-0.15, -0.1) is 0 Å². The third kappa shape index (κ3) is 7.23. The van der Waals surface area contributed by atoms with Crippen LogP contribution in [0.25, 0.3) is 83.6 Å². The number of rotatable bonds is 6. The van der Waals surface area contributed by atoms with Crippen LogP contribution in [0.15, 0.2) is 164 Å². The molecular formula is C50H27F6N5. The highest BCUT2D eigenvalue weighted by atomic mass is 19.4. The molecule has 0 saturated carbocycles. The number of nitriles is 2. The Morgan fingerprint density at radius 3 is 1.28 bits per heavy atom. The summed E-state index contributed by atoms with van der Waals surface area (Å²) in [6.45, 7) is 0. The van der Waals surface area contributed by atoms with E-state index in [1.807, 2.05) is 78.9 Å². The summed E-state index contributed by atoms with van der Waals surface area (Å²) >= 11 is 0. The van der Waals surface area contributed by atoms with Gasteiger partial charge in [0.2, 0.25) is 0 Å². The summed E-state index contributed by atoms with van der Waals surface area (Å²) in [4.78, 5) is 10.0. The molecule has 0 unspecified atom stereocenters.